The number of aromatic nitrogens is 4. The van der Waals surface area contributed by atoms with Gasteiger partial charge >= 0.3 is 5.69 Å². The lowest BCUT2D eigenvalue weighted by Gasteiger charge is -2.04. The molecule has 0 aromatic carbocycles. The number of nitrogens with one attached hydrogen (secondary N) is 1. The van der Waals surface area contributed by atoms with Gasteiger partial charge in [0.05, 0.1) is 6.33 Å². The van der Waals surface area contributed by atoms with E-state index in [0.29, 0.717) is 17.7 Å². The van der Waals surface area contributed by atoms with Crippen molar-refractivity contribution in [1.29, 1.82) is 0 Å². The number of H-pyrrole nitrogens is 1. The van der Waals surface area contributed by atoms with Crippen molar-refractivity contribution in [2.24, 2.45) is 0 Å². The zero-order valence-electron chi connectivity index (χ0n) is 10.1. The first kappa shape index (κ1) is 11.6. The van der Waals surface area contributed by atoms with Gasteiger partial charge in [-0.15, -0.1) is 0 Å². The van der Waals surface area contributed by atoms with Crippen LogP contribution in [0.2, 0.25) is 0 Å². The molecular weight excluding hydrogens is 220 g/mol. The summed E-state index contributed by atoms with van der Waals surface area (Å²) in [7, 11) is 0. The maximum absolute atomic E-state index is 11.8. The fourth-order valence-corrected chi connectivity index (χ4v) is 1.91. The second-order valence-corrected chi connectivity index (χ2v) is 3.97. The van der Waals surface area contributed by atoms with E-state index in [1.54, 1.807) is 6.33 Å². The van der Waals surface area contributed by atoms with Gasteiger partial charge in [-0.3, -0.25) is 14.3 Å². The Morgan fingerprint density at radius 3 is 2.76 bits per heavy atom. The van der Waals surface area contributed by atoms with Crippen LogP contribution in [0, 0.1) is 0 Å². The van der Waals surface area contributed by atoms with E-state index >= 15 is 0 Å². The molecule has 0 radical (unpaired) electrons. The third kappa shape index (κ3) is 1.90. The SMILES string of the molecule is CCCCn1cnc2c1c(=O)[nH]c(=O)n2CC. The summed E-state index contributed by atoms with van der Waals surface area (Å²) in [5.74, 6) is 0. The van der Waals surface area contributed by atoms with Gasteiger partial charge in [-0.2, -0.15) is 0 Å². The highest BCUT2D eigenvalue weighted by molar-refractivity contribution is 5.69. The van der Waals surface area contributed by atoms with Gasteiger partial charge in [0.1, 0.15) is 0 Å². The van der Waals surface area contributed by atoms with Crippen molar-refractivity contribution in [3.63, 3.8) is 0 Å². The van der Waals surface area contributed by atoms with Crippen LogP contribution in [0.3, 0.4) is 0 Å². The molecule has 6 nitrogen and oxygen atoms in total. The highest BCUT2D eigenvalue weighted by Gasteiger charge is 2.11. The van der Waals surface area contributed by atoms with Crippen molar-refractivity contribution in [3.8, 4) is 0 Å². The molecule has 17 heavy (non-hydrogen) atoms. The first-order valence-electron chi connectivity index (χ1n) is 5.87. The van der Waals surface area contributed by atoms with Gasteiger partial charge in [-0.25, -0.2) is 9.78 Å². The molecule has 2 aromatic rings. The van der Waals surface area contributed by atoms with Gasteiger partial charge in [0.15, 0.2) is 11.2 Å². The zero-order valence-corrected chi connectivity index (χ0v) is 10.1. The Morgan fingerprint density at radius 1 is 1.35 bits per heavy atom. The predicted molar refractivity (Wildman–Crippen MR) is 65.2 cm³/mol. The van der Waals surface area contributed by atoms with Gasteiger partial charge in [0.25, 0.3) is 5.56 Å². The predicted octanol–water partition coefficient (Wildman–Crippen LogP) is 0.706. The molecule has 2 aromatic heterocycles. The number of rotatable bonds is 4. The minimum atomic E-state index is -0.397. The molecule has 6 heteroatoms. The summed E-state index contributed by atoms with van der Waals surface area (Å²) in [6.07, 6.45) is 3.66. The molecule has 2 rings (SSSR count). The summed E-state index contributed by atoms with van der Waals surface area (Å²) in [6.45, 7) is 5.18. The third-order valence-corrected chi connectivity index (χ3v) is 2.82. The Morgan fingerprint density at radius 2 is 2.12 bits per heavy atom. The zero-order chi connectivity index (χ0) is 12.4. The molecule has 0 fully saturated rings. The maximum atomic E-state index is 11.8. The molecule has 0 amide bonds. The molecule has 0 spiro atoms. The molecule has 0 unspecified atom stereocenters. The molecule has 1 N–H and O–H groups in total. The van der Waals surface area contributed by atoms with E-state index in [-0.39, 0.29) is 5.56 Å². The summed E-state index contributed by atoms with van der Waals surface area (Å²) < 4.78 is 3.28. The number of hydrogen-bond acceptors (Lipinski definition) is 3. The number of hydrogen-bond donors (Lipinski definition) is 1. The van der Waals surface area contributed by atoms with E-state index < -0.39 is 5.69 Å². The van der Waals surface area contributed by atoms with Crippen molar-refractivity contribution >= 4 is 11.2 Å². The van der Waals surface area contributed by atoms with Gasteiger partial charge < -0.3 is 4.57 Å². The number of aromatic amines is 1. The minimum absolute atomic E-state index is 0.358. The van der Waals surface area contributed by atoms with Crippen molar-refractivity contribution < 1.29 is 0 Å². The molecular formula is C11H16N4O2. The molecule has 0 saturated heterocycles. The van der Waals surface area contributed by atoms with Gasteiger partial charge in [-0.05, 0) is 13.3 Å². The molecule has 2 heterocycles. The van der Waals surface area contributed by atoms with E-state index in [0.717, 1.165) is 19.4 Å². The summed E-state index contributed by atoms with van der Waals surface area (Å²) >= 11 is 0. The fourth-order valence-electron chi connectivity index (χ4n) is 1.91. The maximum Gasteiger partial charge on any atom is 0.330 e. The van der Waals surface area contributed by atoms with Crippen LogP contribution in [-0.4, -0.2) is 19.1 Å². The van der Waals surface area contributed by atoms with Gasteiger partial charge in [-0.1, -0.05) is 13.3 Å². The molecule has 0 atom stereocenters. The molecule has 0 aliphatic rings. The van der Waals surface area contributed by atoms with Crippen molar-refractivity contribution in [3.05, 3.63) is 27.2 Å². The van der Waals surface area contributed by atoms with Gasteiger partial charge in [0, 0.05) is 13.1 Å². The van der Waals surface area contributed by atoms with E-state index in [1.165, 1.54) is 4.57 Å². The largest absolute Gasteiger partial charge is 0.330 e. The first-order valence-corrected chi connectivity index (χ1v) is 5.87. The number of imidazole rings is 1. The smallest absolute Gasteiger partial charge is 0.325 e. The summed E-state index contributed by atoms with van der Waals surface area (Å²) in [5, 5.41) is 0. The monoisotopic (exact) mass is 236 g/mol. The Kier molecular flexibility index (Phi) is 3.12. The molecule has 0 aliphatic carbocycles. The van der Waals surface area contributed by atoms with Gasteiger partial charge in [0.2, 0.25) is 0 Å². The second kappa shape index (κ2) is 4.57. The number of fused-ring (bicyclic) bond motifs is 1. The van der Waals surface area contributed by atoms with E-state index in [9.17, 15) is 9.59 Å². The average Bonchev–Trinajstić information content (AvgIpc) is 2.71. The van der Waals surface area contributed by atoms with Crippen LogP contribution in [0.4, 0.5) is 0 Å². The van der Waals surface area contributed by atoms with Crippen LogP contribution in [0.1, 0.15) is 26.7 Å². The Bertz CT molecular complexity index is 635. The molecule has 0 saturated carbocycles. The van der Waals surface area contributed by atoms with Crippen LogP contribution in [0.25, 0.3) is 11.2 Å². The fraction of sp³-hybridized carbons (Fsp3) is 0.545. The minimum Gasteiger partial charge on any atom is -0.325 e. The normalized spacial score (nSPS) is 11.2. The summed E-state index contributed by atoms with van der Waals surface area (Å²) in [5.41, 5.74) is 0.200. The number of unbranched alkanes of at least 4 members (excludes halogenated alkanes) is 1. The Hall–Kier alpha value is -1.85. The topological polar surface area (TPSA) is 72.7 Å². The summed E-state index contributed by atoms with van der Waals surface area (Å²) in [6, 6.07) is 0. The number of nitrogens with zero attached hydrogens (tertiary/aromatic N) is 3. The van der Waals surface area contributed by atoms with Crippen molar-refractivity contribution in [1.82, 2.24) is 19.1 Å². The van der Waals surface area contributed by atoms with E-state index in [1.807, 2.05) is 11.5 Å². The Labute approximate surface area is 97.9 Å². The number of aryl methyl sites for hydroxylation is 2. The lowest BCUT2D eigenvalue weighted by atomic mass is 10.3. The van der Waals surface area contributed by atoms with E-state index in [4.69, 9.17) is 0 Å². The van der Waals surface area contributed by atoms with Crippen LogP contribution in [0.15, 0.2) is 15.9 Å². The van der Waals surface area contributed by atoms with Crippen LogP contribution in [-0.2, 0) is 13.1 Å². The average molecular weight is 236 g/mol. The third-order valence-electron chi connectivity index (χ3n) is 2.82. The summed E-state index contributed by atoms with van der Waals surface area (Å²) in [4.78, 5) is 29.8. The molecule has 0 aliphatic heterocycles. The van der Waals surface area contributed by atoms with E-state index in [2.05, 4.69) is 16.9 Å². The highest BCUT2D eigenvalue weighted by Crippen LogP contribution is 2.07. The quantitative estimate of drug-likeness (QED) is 0.849. The standard InChI is InChI=1S/C11H16N4O2/c1-3-5-6-14-7-12-9-8(14)10(16)13-11(17)15(9)4-2/h7H,3-6H2,1-2H3,(H,13,16,17). The first-order chi connectivity index (χ1) is 8.19. The lowest BCUT2D eigenvalue weighted by molar-refractivity contribution is 0.642. The van der Waals surface area contributed by atoms with Crippen molar-refractivity contribution in [2.75, 3.05) is 0 Å². The molecule has 92 valence electrons. The van der Waals surface area contributed by atoms with Crippen LogP contribution < -0.4 is 11.2 Å². The second-order valence-electron chi connectivity index (χ2n) is 3.97. The van der Waals surface area contributed by atoms with Crippen LogP contribution in [0.5, 0.6) is 0 Å². The molecule has 0 bridgehead atoms. The lowest BCUT2D eigenvalue weighted by Crippen LogP contribution is -2.30. The highest BCUT2D eigenvalue weighted by atomic mass is 16.2. The Balaban J connectivity index is 2.68. The van der Waals surface area contributed by atoms with Crippen molar-refractivity contribution in [2.45, 2.75) is 39.8 Å². The van der Waals surface area contributed by atoms with Crippen LogP contribution >= 0.6 is 0 Å².